The number of rotatable bonds is 1. The summed E-state index contributed by atoms with van der Waals surface area (Å²) in [6, 6.07) is 1.74. The Morgan fingerprint density at radius 1 is 1.17 bits per heavy atom. The number of alkyl halides is 6. The van der Waals surface area contributed by atoms with Crippen LogP contribution in [-0.4, -0.2) is 36.2 Å². The number of hydrogen-bond acceptors (Lipinski definition) is 4. The summed E-state index contributed by atoms with van der Waals surface area (Å²) in [5.41, 5.74) is -6.83. The molecule has 15 heteroatoms. The van der Waals surface area contributed by atoms with E-state index in [2.05, 4.69) is 9.95 Å². The molecule has 0 spiro atoms. The molecule has 1 saturated heterocycles. The van der Waals surface area contributed by atoms with Gasteiger partial charge in [-0.25, -0.2) is 4.85 Å². The van der Waals surface area contributed by atoms with E-state index in [4.69, 9.17) is 6.57 Å². The van der Waals surface area contributed by atoms with E-state index in [1.54, 1.807) is 0 Å². The highest BCUT2D eigenvalue weighted by Crippen LogP contribution is 2.46. The lowest BCUT2D eigenvalue weighted by atomic mass is 9.95. The van der Waals surface area contributed by atoms with E-state index in [1.807, 2.05) is 0 Å². The van der Waals surface area contributed by atoms with Crippen molar-refractivity contribution in [2.75, 3.05) is 4.31 Å². The van der Waals surface area contributed by atoms with Crippen LogP contribution in [0.2, 0.25) is 0 Å². The quantitative estimate of drug-likeness (QED) is 0.477. The van der Waals surface area contributed by atoms with Gasteiger partial charge in [-0.05, 0) is 19.1 Å². The summed E-state index contributed by atoms with van der Waals surface area (Å²) >= 11 is 0. The van der Waals surface area contributed by atoms with E-state index >= 15 is 0 Å². The first-order chi connectivity index (χ1) is 12.6. The van der Waals surface area contributed by atoms with Crippen molar-refractivity contribution in [3.63, 3.8) is 0 Å². The zero-order valence-electron chi connectivity index (χ0n) is 14.1. The smallest absolute Gasteiger partial charge is 0.270 e. The van der Waals surface area contributed by atoms with Gasteiger partial charge in [-0.2, -0.15) is 62.1 Å². The van der Waals surface area contributed by atoms with Gasteiger partial charge in [0.2, 0.25) is 0 Å². The molecule has 0 saturated carbocycles. The van der Waals surface area contributed by atoms with E-state index in [9.17, 15) is 39.6 Å². The number of hydrazone groups is 1. The molecule has 1 amide bonds. The first kappa shape index (κ1) is 22.8. The number of benzene rings is 1. The molecule has 158 valence electrons. The molecule has 0 bridgehead atoms. The third kappa shape index (κ3) is 3.29. The lowest BCUT2D eigenvalue weighted by Gasteiger charge is -2.19. The van der Waals surface area contributed by atoms with E-state index in [0.29, 0.717) is 6.07 Å². The fourth-order valence-corrected chi connectivity index (χ4v) is 4.69. The molecule has 2 aliphatic rings. The number of halogens is 6. The van der Waals surface area contributed by atoms with Gasteiger partial charge < -0.3 is 0 Å². The summed E-state index contributed by atoms with van der Waals surface area (Å²) in [6.45, 7) is 7.67. The monoisotopic (exact) mass is 460 g/mol. The molecule has 3 rings (SSSR count). The molecular formula is C14H10F6N4O3S2. The van der Waals surface area contributed by atoms with Gasteiger partial charge in [0.1, 0.15) is 5.71 Å². The van der Waals surface area contributed by atoms with E-state index in [1.165, 1.54) is 0 Å². The summed E-state index contributed by atoms with van der Waals surface area (Å²) in [5.74, 6) is -1.39. The van der Waals surface area contributed by atoms with Gasteiger partial charge in [0, 0.05) is 6.42 Å². The Balaban J connectivity index is 0.00000300. The van der Waals surface area contributed by atoms with Gasteiger partial charge in [-0.3, -0.25) is 4.79 Å². The Morgan fingerprint density at radius 3 is 2.21 bits per heavy atom. The van der Waals surface area contributed by atoms with Gasteiger partial charge in [-0.1, -0.05) is 6.07 Å². The van der Waals surface area contributed by atoms with E-state index in [-0.39, 0.29) is 28.3 Å². The van der Waals surface area contributed by atoms with Crippen molar-refractivity contribution in [1.29, 1.82) is 0 Å². The molecule has 1 fully saturated rings. The number of carbonyl (C=O) groups is 1. The second-order valence-electron chi connectivity index (χ2n) is 6.13. The number of fused-ring (bicyclic) bond motifs is 1. The Hall–Kier alpha value is -2.47. The van der Waals surface area contributed by atoms with Crippen LogP contribution in [0.4, 0.5) is 37.7 Å². The van der Waals surface area contributed by atoms with Crippen LogP contribution in [0.5, 0.6) is 0 Å². The Morgan fingerprint density at radius 2 is 1.76 bits per heavy atom. The van der Waals surface area contributed by atoms with Crippen molar-refractivity contribution in [3.05, 3.63) is 35.2 Å². The van der Waals surface area contributed by atoms with E-state index in [0.717, 1.165) is 13.0 Å². The highest BCUT2D eigenvalue weighted by Gasteiger charge is 2.65. The first-order valence-electron chi connectivity index (χ1n) is 7.27. The highest BCUT2D eigenvalue weighted by atomic mass is 32.2. The average molecular weight is 460 g/mol. The van der Waals surface area contributed by atoms with Crippen molar-refractivity contribution in [2.24, 2.45) is 5.10 Å². The van der Waals surface area contributed by atoms with Crippen molar-refractivity contribution >= 4 is 46.7 Å². The van der Waals surface area contributed by atoms with Gasteiger partial charge in [0.25, 0.3) is 5.91 Å². The third-order valence-corrected chi connectivity index (χ3v) is 5.97. The molecule has 0 unspecified atom stereocenters. The van der Waals surface area contributed by atoms with Crippen molar-refractivity contribution in [3.8, 4) is 0 Å². The maximum Gasteiger partial charge on any atom is 0.431 e. The predicted octanol–water partition coefficient (Wildman–Crippen LogP) is 3.34. The average Bonchev–Trinajstić information content (AvgIpc) is 2.99. The standard InChI is InChI=1S/C14H8F6N4O3S.H2S/c1-12-6-10(14(18,19)20)22-24(12)28(26,27)23(11(12)25)7-3-4-9(21-2)8(5-7)13(15,16)17;/h3-5H,6H2,1H3;1H2/t12-;/m0./s1. The number of carbonyl (C=O) groups excluding carboxylic acids is 1. The molecule has 7 nitrogen and oxygen atoms in total. The van der Waals surface area contributed by atoms with Crippen LogP contribution in [-0.2, 0) is 21.2 Å². The predicted molar refractivity (Wildman–Crippen MR) is 92.8 cm³/mol. The zero-order valence-corrected chi connectivity index (χ0v) is 15.9. The fourth-order valence-electron chi connectivity index (χ4n) is 2.90. The van der Waals surface area contributed by atoms with Gasteiger partial charge in [0.05, 0.1) is 17.8 Å². The summed E-state index contributed by atoms with van der Waals surface area (Å²) < 4.78 is 103. The first-order valence-corrected chi connectivity index (χ1v) is 8.67. The Bertz CT molecular complexity index is 1060. The van der Waals surface area contributed by atoms with Gasteiger partial charge >= 0.3 is 22.6 Å². The van der Waals surface area contributed by atoms with Crippen molar-refractivity contribution in [1.82, 2.24) is 4.41 Å². The maximum absolute atomic E-state index is 13.1. The Kier molecular flexibility index (Phi) is 5.13. The minimum atomic E-state index is -5.02. The lowest BCUT2D eigenvalue weighted by Crippen LogP contribution is -2.43. The van der Waals surface area contributed by atoms with Crippen molar-refractivity contribution in [2.45, 2.75) is 31.2 Å². The SMILES string of the molecule is S.[C-]#[N+]c1ccc(N2C(=O)[C@]3(C)CC(C(F)(F)F)=NN3S2(=O)=O)cc1C(F)(F)F. The second kappa shape index (κ2) is 6.52. The number of anilines is 1. The molecule has 2 aliphatic heterocycles. The molecule has 1 aromatic carbocycles. The Labute approximate surface area is 167 Å². The van der Waals surface area contributed by atoms with Crippen molar-refractivity contribution < 1.29 is 39.6 Å². The minimum absolute atomic E-state index is 0. The van der Waals surface area contributed by atoms with Crippen LogP contribution in [0, 0.1) is 6.57 Å². The van der Waals surface area contributed by atoms with Gasteiger partial charge in [0.15, 0.2) is 11.2 Å². The fraction of sp³-hybridized carbons (Fsp3) is 0.357. The van der Waals surface area contributed by atoms with Crippen LogP contribution < -0.4 is 4.31 Å². The summed E-state index contributed by atoms with van der Waals surface area (Å²) in [4.78, 5) is 15.3. The lowest BCUT2D eigenvalue weighted by molar-refractivity contribution is -0.137. The molecule has 29 heavy (non-hydrogen) atoms. The highest BCUT2D eigenvalue weighted by molar-refractivity contribution is 7.92. The van der Waals surface area contributed by atoms with Gasteiger partial charge in [-0.15, -0.1) is 0 Å². The normalized spacial score (nSPS) is 23.4. The number of amides is 1. The van der Waals surface area contributed by atoms with Crippen LogP contribution in [0.25, 0.3) is 4.85 Å². The number of hydrogen-bond donors (Lipinski definition) is 0. The largest absolute Gasteiger partial charge is 0.431 e. The topological polar surface area (TPSA) is 74.4 Å². The van der Waals surface area contributed by atoms with Crippen LogP contribution in [0.3, 0.4) is 0 Å². The molecular weight excluding hydrogens is 450 g/mol. The third-order valence-electron chi connectivity index (χ3n) is 4.21. The second-order valence-corrected chi connectivity index (χ2v) is 7.73. The maximum atomic E-state index is 13.1. The zero-order chi connectivity index (χ0) is 21.3. The van der Waals surface area contributed by atoms with Crippen LogP contribution >= 0.6 is 13.5 Å². The molecule has 1 aromatic rings. The minimum Gasteiger partial charge on any atom is -0.270 e. The molecule has 0 radical (unpaired) electrons. The number of nitrogens with zero attached hydrogens (tertiary/aromatic N) is 4. The summed E-state index contributed by atoms with van der Waals surface area (Å²) in [5, 5.41) is 2.98. The summed E-state index contributed by atoms with van der Waals surface area (Å²) in [6.07, 6.45) is -11.1. The molecule has 0 aromatic heterocycles. The molecule has 0 N–H and O–H groups in total. The summed E-state index contributed by atoms with van der Waals surface area (Å²) in [7, 11) is -5.02. The van der Waals surface area contributed by atoms with Crippen LogP contribution in [0.1, 0.15) is 18.9 Å². The van der Waals surface area contributed by atoms with E-state index < -0.39 is 63.1 Å². The molecule has 1 atom stereocenters. The molecule has 2 heterocycles. The molecule has 0 aliphatic carbocycles. The van der Waals surface area contributed by atoms with Crippen LogP contribution in [0.15, 0.2) is 23.3 Å².